The molecule has 118 valence electrons. The van der Waals surface area contributed by atoms with Crippen molar-refractivity contribution in [2.24, 2.45) is 7.05 Å². The normalized spacial score (nSPS) is 15.3. The second kappa shape index (κ2) is 5.53. The average molecular weight is 309 g/mol. The molecule has 6 heteroatoms. The monoisotopic (exact) mass is 309 g/mol. The summed E-state index contributed by atoms with van der Waals surface area (Å²) in [5.74, 6) is 0.458. The van der Waals surface area contributed by atoms with E-state index in [2.05, 4.69) is 26.0 Å². The number of carbonyl (C=O) groups is 1. The predicted octanol–water partition coefficient (Wildman–Crippen LogP) is 3.14. The number of hydrogen-bond donors (Lipinski definition) is 1. The van der Waals surface area contributed by atoms with Gasteiger partial charge in [0, 0.05) is 19.3 Å². The number of hydrogen-bond acceptors (Lipinski definition) is 3. The van der Waals surface area contributed by atoms with Crippen LogP contribution in [0.3, 0.4) is 0 Å². The Bertz CT molecular complexity index is 857. The lowest BCUT2D eigenvalue weighted by Crippen LogP contribution is -2.17. The summed E-state index contributed by atoms with van der Waals surface area (Å²) in [4.78, 5) is 17.1. The number of para-hydroxylation sites is 2. The third kappa shape index (κ3) is 2.50. The van der Waals surface area contributed by atoms with E-state index >= 15 is 0 Å². The predicted molar refractivity (Wildman–Crippen MR) is 88.4 cm³/mol. The molecule has 0 aliphatic heterocycles. The maximum atomic E-state index is 12.5. The topological polar surface area (TPSA) is 64.7 Å². The van der Waals surface area contributed by atoms with Crippen molar-refractivity contribution in [2.45, 2.75) is 31.7 Å². The molecule has 0 saturated heterocycles. The molecule has 0 atom stereocenters. The van der Waals surface area contributed by atoms with Crippen molar-refractivity contribution in [1.82, 2.24) is 19.3 Å². The molecule has 1 saturated carbocycles. The van der Waals surface area contributed by atoms with E-state index in [9.17, 15) is 4.79 Å². The van der Waals surface area contributed by atoms with Crippen LogP contribution in [-0.4, -0.2) is 25.2 Å². The van der Waals surface area contributed by atoms with Crippen LogP contribution in [0.5, 0.6) is 0 Å². The zero-order valence-corrected chi connectivity index (χ0v) is 13.1. The third-order valence-electron chi connectivity index (χ3n) is 4.48. The molecule has 1 N–H and O–H groups in total. The van der Waals surface area contributed by atoms with Crippen LogP contribution in [0.15, 0.2) is 36.7 Å². The first kappa shape index (κ1) is 14.0. The SMILES string of the molecule is Cn1cc(C(=O)Nc2nc3ccccc3n2C2CCCC2)cn1. The maximum absolute atomic E-state index is 12.5. The molecule has 1 aromatic carbocycles. The number of imidazole rings is 1. The van der Waals surface area contributed by atoms with Crippen LogP contribution < -0.4 is 5.32 Å². The van der Waals surface area contributed by atoms with Gasteiger partial charge in [-0.3, -0.25) is 14.8 Å². The fourth-order valence-corrected chi connectivity index (χ4v) is 3.38. The van der Waals surface area contributed by atoms with Gasteiger partial charge >= 0.3 is 0 Å². The quantitative estimate of drug-likeness (QED) is 0.808. The number of benzene rings is 1. The summed E-state index contributed by atoms with van der Waals surface area (Å²) in [6.07, 6.45) is 8.00. The number of aromatic nitrogens is 4. The third-order valence-corrected chi connectivity index (χ3v) is 4.48. The number of rotatable bonds is 3. The van der Waals surface area contributed by atoms with Crippen molar-refractivity contribution in [3.05, 3.63) is 42.2 Å². The average Bonchev–Trinajstić information content (AvgIpc) is 3.25. The van der Waals surface area contributed by atoms with Gasteiger partial charge in [-0.2, -0.15) is 5.10 Å². The molecule has 23 heavy (non-hydrogen) atoms. The Morgan fingerprint density at radius 3 is 2.78 bits per heavy atom. The van der Waals surface area contributed by atoms with Crippen molar-refractivity contribution >= 4 is 22.9 Å². The lowest BCUT2D eigenvalue weighted by Gasteiger charge is -2.16. The van der Waals surface area contributed by atoms with Gasteiger partial charge in [-0.05, 0) is 25.0 Å². The minimum absolute atomic E-state index is 0.173. The van der Waals surface area contributed by atoms with Crippen molar-refractivity contribution in [3.8, 4) is 0 Å². The first-order valence-electron chi connectivity index (χ1n) is 7.99. The minimum Gasteiger partial charge on any atom is -0.307 e. The van der Waals surface area contributed by atoms with Crippen LogP contribution in [0.1, 0.15) is 42.1 Å². The van der Waals surface area contributed by atoms with Gasteiger partial charge in [0.05, 0.1) is 22.8 Å². The van der Waals surface area contributed by atoms with E-state index < -0.39 is 0 Å². The van der Waals surface area contributed by atoms with Gasteiger partial charge in [-0.25, -0.2) is 4.98 Å². The molecule has 1 aliphatic carbocycles. The lowest BCUT2D eigenvalue weighted by molar-refractivity contribution is 0.102. The van der Waals surface area contributed by atoms with Gasteiger partial charge in [0.2, 0.25) is 5.95 Å². The number of nitrogens with zero attached hydrogens (tertiary/aromatic N) is 4. The fourth-order valence-electron chi connectivity index (χ4n) is 3.38. The molecule has 0 unspecified atom stereocenters. The zero-order valence-electron chi connectivity index (χ0n) is 13.1. The summed E-state index contributed by atoms with van der Waals surface area (Å²) in [6, 6.07) is 8.45. The molecule has 3 aromatic rings. The largest absolute Gasteiger partial charge is 0.307 e. The molecular formula is C17H19N5O. The molecule has 6 nitrogen and oxygen atoms in total. The van der Waals surface area contributed by atoms with E-state index in [-0.39, 0.29) is 5.91 Å². The standard InChI is InChI=1S/C17H19N5O/c1-21-11-12(10-18-21)16(23)20-17-19-14-8-4-5-9-15(14)22(17)13-6-2-3-7-13/h4-5,8-11,13H,2-3,6-7H2,1H3,(H,19,20,23). The Labute approximate surface area is 134 Å². The molecule has 1 fully saturated rings. The second-order valence-electron chi connectivity index (χ2n) is 6.09. The summed E-state index contributed by atoms with van der Waals surface area (Å²) in [5.41, 5.74) is 2.54. The van der Waals surface area contributed by atoms with E-state index in [4.69, 9.17) is 0 Å². The van der Waals surface area contributed by atoms with E-state index in [1.165, 1.54) is 12.8 Å². The number of anilines is 1. The fraction of sp³-hybridized carbons (Fsp3) is 0.353. The maximum Gasteiger partial charge on any atom is 0.261 e. The number of carbonyl (C=O) groups excluding carboxylic acids is 1. The highest BCUT2D eigenvalue weighted by Gasteiger charge is 2.23. The van der Waals surface area contributed by atoms with Gasteiger partial charge < -0.3 is 4.57 Å². The molecule has 0 spiro atoms. The molecular weight excluding hydrogens is 290 g/mol. The van der Waals surface area contributed by atoms with Crippen LogP contribution in [0, 0.1) is 0 Å². The highest BCUT2D eigenvalue weighted by atomic mass is 16.1. The van der Waals surface area contributed by atoms with E-state index in [1.54, 1.807) is 24.1 Å². The van der Waals surface area contributed by atoms with Gasteiger partial charge in [0.25, 0.3) is 5.91 Å². The summed E-state index contributed by atoms with van der Waals surface area (Å²) < 4.78 is 3.81. The van der Waals surface area contributed by atoms with Gasteiger partial charge in [-0.1, -0.05) is 25.0 Å². The van der Waals surface area contributed by atoms with E-state index in [0.29, 0.717) is 17.6 Å². The Kier molecular flexibility index (Phi) is 3.37. The number of nitrogens with one attached hydrogen (secondary N) is 1. The summed E-state index contributed by atoms with van der Waals surface area (Å²) in [5, 5.41) is 7.02. The van der Waals surface area contributed by atoms with E-state index in [0.717, 1.165) is 23.9 Å². The molecule has 1 aliphatic rings. The number of fused-ring (bicyclic) bond motifs is 1. The Morgan fingerprint density at radius 1 is 1.26 bits per heavy atom. The number of aryl methyl sites for hydroxylation is 1. The van der Waals surface area contributed by atoms with Crippen LogP contribution in [-0.2, 0) is 7.05 Å². The molecule has 2 heterocycles. The minimum atomic E-state index is -0.173. The molecule has 0 bridgehead atoms. The molecule has 0 radical (unpaired) electrons. The van der Waals surface area contributed by atoms with E-state index in [1.807, 2.05) is 18.2 Å². The summed E-state index contributed by atoms with van der Waals surface area (Å²) >= 11 is 0. The van der Waals surface area contributed by atoms with Gasteiger partial charge in [0.15, 0.2) is 0 Å². The van der Waals surface area contributed by atoms with Crippen LogP contribution in [0.2, 0.25) is 0 Å². The van der Waals surface area contributed by atoms with Crippen LogP contribution >= 0.6 is 0 Å². The summed E-state index contributed by atoms with van der Waals surface area (Å²) in [6.45, 7) is 0. The first-order valence-corrected chi connectivity index (χ1v) is 7.99. The Hall–Kier alpha value is -2.63. The Balaban J connectivity index is 1.73. The highest BCUT2D eigenvalue weighted by Crippen LogP contribution is 2.35. The van der Waals surface area contributed by atoms with Crippen molar-refractivity contribution < 1.29 is 4.79 Å². The molecule has 4 rings (SSSR count). The Morgan fingerprint density at radius 2 is 2.04 bits per heavy atom. The first-order chi connectivity index (χ1) is 11.2. The van der Waals surface area contributed by atoms with Crippen LogP contribution in [0.25, 0.3) is 11.0 Å². The second-order valence-corrected chi connectivity index (χ2v) is 6.09. The van der Waals surface area contributed by atoms with Crippen molar-refractivity contribution in [2.75, 3.05) is 5.32 Å². The highest BCUT2D eigenvalue weighted by molar-refractivity contribution is 6.03. The molecule has 1 amide bonds. The van der Waals surface area contributed by atoms with Crippen molar-refractivity contribution in [1.29, 1.82) is 0 Å². The summed E-state index contributed by atoms with van der Waals surface area (Å²) in [7, 11) is 1.80. The lowest BCUT2D eigenvalue weighted by atomic mass is 10.2. The van der Waals surface area contributed by atoms with Crippen LogP contribution in [0.4, 0.5) is 5.95 Å². The van der Waals surface area contributed by atoms with Gasteiger partial charge in [0.1, 0.15) is 0 Å². The van der Waals surface area contributed by atoms with Crippen molar-refractivity contribution in [3.63, 3.8) is 0 Å². The zero-order chi connectivity index (χ0) is 15.8. The smallest absolute Gasteiger partial charge is 0.261 e. The number of amides is 1. The molecule has 2 aromatic heterocycles. The van der Waals surface area contributed by atoms with Gasteiger partial charge in [-0.15, -0.1) is 0 Å².